The monoisotopic (exact) mass is 267 g/mol. The van der Waals surface area contributed by atoms with Crippen LogP contribution in [0, 0.1) is 0 Å². The molecule has 1 rings (SSSR count). The van der Waals surface area contributed by atoms with Crippen molar-refractivity contribution in [2.45, 2.75) is 39.2 Å². The van der Waals surface area contributed by atoms with Crippen LogP contribution in [0.25, 0.3) is 0 Å². The molecule has 1 aromatic heterocycles. The van der Waals surface area contributed by atoms with Gasteiger partial charge in [0.25, 0.3) is 5.91 Å². The normalized spacial score (nSPS) is 13.3. The minimum Gasteiger partial charge on any atom is -0.409 e. The van der Waals surface area contributed by atoms with Crippen LogP contribution in [0.3, 0.4) is 0 Å². The fraction of sp³-hybridized carbons (Fsp3) is 0.583. The first-order valence-electron chi connectivity index (χ1n) is 6.34. The van der Waals surface area contributed by atoms with E-state index >= 15 is 0 Å². The predicted molar refractivity (Wildman–Crippen MR) is 72.2 cm³/mol. The summed E-state index contributed by atoms with van der Waals surface area (Å²) in [6.07, 6.45) is 2.19. The fourth-order valence-corrected chi connectivity index (χ4v) is 1.80. The molecule has 0 fully saturated rings. The SMILES string of the molecule is CCCC(NC(=O)c1cc(CC)nn1C)C(N)=NO. The van der Waals surface area contributed by atoms with Crippen LogP contribution < -0.4 is 11.1 Å². The Hall–Kier alpha value is -2.05. The summed E-state index contributed by atoms with van der Waals surface area (Å²) in [6, 6.07) is 1.27. The number of nitrogens with two attached hydrogens (primary N) is 1. The topological polar surface area (TPSA) is 106 Å². The highest BCUT2D eigenvalue weighted by atomic mass is 16.4. The Morgan fingerprint density at radius 3 is 2.79 bits per heavy atom. The van der Waals surface area contributed by atoms with Gasteiger partial charge in [0, 0.05) is 7.05 Å². The average Bonchev–Trinajstić information content (AvgIpc) is 2.78. The van der Waals surface area contributed by atoms with Crippen LogP contribution in [0.15, 0.2) is 11.2 Å². The van der Waals surface area contributed by atoms with Gasteiger partial charge in [-0.15, -0.1) is 0 Å². The minimum absolute atomic E-state index is 0.00748. The minimum atomic E-state index is -0.470. The van der Waals surface area contributed by atoms with E-state index in [0.29, 0.717) is 12.1 Å². The third-order valence-electron chi connectivity index (χ3n) is 2.88. The number of rotatable bonds is 6. The summed E-state index contributed by atoms with van der Waals surface area (Å²) >= 11 is 0. The molecule has 19 heavy (non-hydrogen) atoms. The fourth-order valence-electron chi connectivity index (χ4n) is 1.80. The highest BCUT2D eigenvalue weighted by molar-refractivity contribution is 5.97. The molecule has 1 heterocycles. The summed E-state index contributed by atoms with van der Waals surface area (Å²) in [5, 5.41) is 18.6. The molecule has 1 atom stereocenters. The van der Waals surface area contributed by atoms with Crippen molar-refractivity contribution in [1.82, 2.24) is 15.1 Å². The van der Waals surface area contributed by atoms with E-state index in [4.69, 9.17) is 10.9 Å². The van der Waals surface area contributed by atoms with E-state index in [9.17, 15) is 4.79 Å². The van der Waals surface area contributed by atoms with Crippen LogP contribution in [0.4, 0.5) is 0 Å². The summed E-state index contributed by atoms with van der Waals surface area (Å²) in [5.41, 5.74) is 6.87. The molecule has 0 aliphatic rings. The van der Waals surface area contributed by atoms with Crippen LogP contribution >= 0.6 is 0 Å². The van der Waals surface area contributed by atoms with E-state index in [0.717, 1.165) is 18.5 Å². The lowest BCUT2D eigenvalue weighted by Gasteiger charge is -2.16. The van der Waals surface area contributed by atoms with Crippen LogP contribution in [-0.4, -0.2) is 32.8 Å². The number of amidine groups is 1. The number of carbonyl (C=O) groups is 1. The Morgan fingerprint density at radius 1 is 1.63 bits per heavy atom. The maximum absolute atomic E-state index is 12.1. The van der Waals surface area contributed by atoms with Crippen molar-refractivity contribution in [3.8, 4) is 0 Å². The Kier molecular flexibility index (Phi) is 5.35. The number of nitrogens with zero attached hydrogens (tertiary/aromatic N) is 3. The zero-order chi connectivity index (χ0) is 14.4. The van der Waals surface area contributed by atoms with E-state index in [1.807, 2.05) is 13.8 Å². The molecule has 0 saturated carbocycles. The molecule has 0 aliphatic heterocycles. The van der Waals surface area contributed by atoms with Gasteiger partial charge < -0.3 is 16.3 Å². The number of hydrogen-bond acceptors (Lipinski definition) is 4. The Morgan fingerprint density at radius 2 is 2.32 bits per heavy atom. The molecule has 0 aliphatic carbocycles. The van der Waals surface area contributed by atoms with Gasteiger partial charge in [0.15, 0.2) is 5.84 Å². The standard InChI is InChI=1S/C12H21N5O2/c1-4-6-9(11(13)16-19)14-12(18)10-7-8(5-2)15-17(10)3/h7,9,19H,4-6H2,1-3H3,(H2,13,16)(H,14,18). The molecular formula is C12H21N5O2. The second-order valence-corrected chi connectivity index (χ2v) is 4.34. The molecule has 0 aromatic carbocycles. The largest absolute Gasteiger partial charge is 0.409 e. The van der Waals surface area contributed by atoms with Gasteiger partial charge in [-0.25, -0.2) is 0 Å². The van der Waals surface area contributed by atoms with Gasteiger partial charge in [-0.1, -0.05) is 25.4 Å². The summed E-state index contributed by atoms with van der Waals surface area (Å²) in [6.45, 7) is 3.93. The van der Waals surface area contributed by atoms with Crippen molar-refractivity contribution in [3.63, 3.8) is 0 Å². The second kappa shape index (κ2) is 6.77. The number of amides is 1. The highest BCUT2D eigenvalue weighted by Gasteiger charge is 2.19. The van der Waals surface area contributed by atoms with Gasteiger partial charge in [0.2, 0.25) is 0 Å². The van der Waals surface area contributed by atoms with Gasteiger partial charge in [-0.2, -0.15) is 5.10 Å². The van der Waals surface area contributed by atoms with E-state index in [1.54, 1.807) is 13.1 Å². The lowest BCUT2D eigenvalue weighted by molar-refractivity contribution is 0.0935. The summed E-state index contributed by atoms with van der Waals surface area (Å²) in [7, 11) is 1.71. The quantitative estimate of drug-likeness (QED) is 0.304. The zero-order valence-corrected chi connectivity index (χ0v) is 11.6. The lowest BCUT2D eigenvalue weighted by Crippen LogP contribution is -2.45. The molecule has 4 N–H and O–H groups in total. The van der Waals surface area contributed by atoms with Gasteiger partial charge in [-0.05, 0) is 18.9 Å². The first-order chi connectivity index (χ1) is 9.03. The molecule has 0 spiro atoms. The molecule has 0 radical (unpaired) electrons. The molecule has 0 bridgehead atoms. The van der Waals surface area contributed by atoms with Gasteiger partial charge in [-0.3, -0.25) is 9.48 Å². The number of aromatic nitrogens is 2. The summed E-state index contributed by atoms with van der Waals surface area (Å²) < 4.78 is 1.53. The zero-order valence-electron chi connectivity index (χ0n) is 11.6. The first-order valence-corrected chi connectivity index (χ1v) is 6.34. The van der Waals surface area contributed by atoms with Crippen molar-refractivity contribution in [3.05, 3.63) is 17.5 Å². The van der Waals surface area contributed by atoms with Crippen LogP contribution in [-0.2, 0) is 13.5 Å². The lowest BCUT2D eigenvalue weighted by atomic mass is 10.1. The Balaban J connectivity index is 2.84. The molecule has 1 aromatic rings. The van der Waals surface area contributed by atoms with E-state index in [1.165, 1.54) is 4.68 Å². The van der Waals surface area contributed by atoms with Gasteiger partial charge in [0.1, 0.15) is 5.69 Å². The number of carbonyl (C=O) groups excluding carboxylic acids is 1. The summed E-state index contributed by atoms with van der Waals surface area (Å²) in [4.78, 5) is 12.1. The average molecular weight is 267 g/mol. The third kappa shape index (κ3) is 3.70. The molecule has 1 amide bonds. The second-order valence-electron chi connectivity index (χ2n) is 4.34. The third-order valence-corrected chi connectivity index (χ3v) is 2.88. The smallest absolute Gasteiger partial charge is 0.270 e. The summed E-state index contributed by atoms with van der Waals surface area (Å²) in [5.74, 6) is -0.271. The molecule has 1 unspecified atom stereocenters. The van der Waals surface area contributed by atoms with Crippen LogP contribution in [0.5, 0.6) is 0 Å². The van der Waals surface area contributed by atoms with E-state index in [-0.39, 0.29) is 11.7 Å². The van der Waals surface area contributed by atoms with Crippen molar-refractivity contribution in [1.29, 1.82) is 0 Å². The maximum Gasteiger partial charge on any atom is 0.270 e. The van der Waals surface area contributed by atoms with Crippen molar-refractivity contribution in [2.75, 3.05) is 0 Å². The number of hydrogen-bond donors (Lipinski definition) is 3. The van der Waals surface area contributed by atoms with Crippen LogP contribution in [0.1, 0.15) is 42.9 Å². The van der Waals surface area contributed by atoms with E-state index in [2.05, 4.69) is 15.6 Å². The van der Waals surface area contributed by atoms with Crippen molar-refractivity contribution >= 4 is 11.7 Å². The molecule has 7 heteroatoms. The Bertz CT molecular complexity index is 467. The van der Waals surface area contributed by atoms with Gasteiger partial charge >= 0.3 is 0 Å². The number of oxime groups is 1. The van der Waals surface area contributed by atoms with Crippen molar-refractivity contribution in [2.24, 2.45) is 17.9 Å². The van der Waals surface area contributed by atoms with Gasteiger partial charge in [0.05, 0.1) is 11.7 Å². The van der Waals surface area contributed by atoms with Crippen LogP contribution in [0.2, 0.25) is 0 Å². The molecular weight excluding hydrogens is 246 g/mol. The predicted octanol–water partition coefficient (Wildman–Crippen LogP) is 0.627. The van der Waals surface area contributed by atoms with E-state index < -0.39 is 6.04 Å². The maximum atomic E-state index is 12.1. The number of aryl methyl sites for hydroxylation is 2. The molecule has 0 saturated heterocycles. The highest BCUT2D eigenvalue weighted by Crippen LogP contribution is 2.05. The number of nitrogens with one attached hydrogen (secondary N) is 1. The molecule has 7 nitrogen and oxygen atoms in total. The molecule has 106 valence electrons. The van der Waals surface area contributed by atoms with Crippen molar-refractivity contribution < 1.29 is 10.0 Å². The Labute approximate surface area is 112 Å². The first kappa shape index (κ1) is 15.0.